The second-order valence-electron chi connectivity index (χ2n) is 4.42. The fourth-order valence-electron chi connectivity index (χ4n) is 2.18. The predicted molar refractivity (Wildman–Crippen MR) is 66.9 cm³/mol. The maximum atomic E-state index is 11.8. The number of carbonyl (C=O) groups is 1. The van der Waals surface area contributed by atoms with E-state index in [2.05, 4.69) is 11.4 Å². The Balaban J connectivity index is 2.31. The van der Waals surface area contributed by atoms with Gasteiger partial charge in [0.1, 0.15) is 6.04 Å². The fraction of sp³-hybridized carbons (Fsp3) is 0.500. The van der Waals surface area contributed by atoms with E-state index in [1.807, 2.05) is 25.1 Å². The molecule has 1 aromatic carbocycles. The molecular weight excluding hydrogens is 214 g/mol. The molecule has 0 aromatic heterocycles. The highest BCUT2D eigenvalue weighted by atomic mass is 16.5. The Morgan fingerprint density at radius 3 is 2.76 bits per heavy atom. The second-order valence-corrected chi connectivity index (χ2v) is 4.42. The van der Waals surface area contributed by atoms with Crippen LogP contribution in [0.25, 0.3) is 0 Å². The average Bonchev–Trinajstić information content (AvgIpc) is 3.19. The number of esters is 1. The molecule has 1 unspecified atom stereocenters. The predicted octanol–water partition coefficient (Wildman–Crippen LogP) is 2.39. The monoisotopic (exact) mass is 233 g/mol. The molecule has 3 heteroatoms. The molecule has 0 saturated heterocycles. The normalized spacial score (nSPS) is 16.6. The summed E-state index contributed by atoms with van der Waals surface area (Å²) >= 11 is 0. The van der Waals surface area contributed by atoms with E-state index in [-0.39, 0.29) is 12.0 Å². The summed E-state index contributed by atoms with van der Waals surface area (Å²) in [5.41, 5.74) is 2.37. The molecule has 17 heavy (non-hydrogen) atoms. The van der Waals surface area contributed by atoms with Gasteiger partial charge in [0, 0.05) is 0 Å². The summed E-state index contributed by atoms with van der Waals surface area (Å²) < 4.78 is 4.87. The van der Waals surface area contributed by atoms with Crippen molar-refractivity contribution >= 4 is 5.97 Å². The van der Waals surface area contributed by atoms with Crippen LogP contribution in [0.4, 0.5) is 0 Å². The number of carbonyl (C=O) groups excluding carboxylic acids is 1. The number of rotatable bonds is 5. The summed E-state index contributed by atoms with van der Waals surface area (Å²) in [5.74, 6) is 0.428. The van der Waals surface area contributed by atoms with E-state index >= 15 is 0 Å². The summed E-state index contributed by atoms with van der Waals surface area (Å²) in [6.45, 7) is 2.74. The highest BCUT2D eigenvalue weighted by Crippen LogP contribution is 2.43. The largest absolute Gasteiger partial charge is 0.468 e. The molecule has 1 aromatic rings. The van der Waals surface area contributed by atoms with Crippen LogP contribution in [0.5, 0.6) is 0 Å². The van der Waals surface area contributed by atoms with Gasteiger partial charge in [0.05, 0.1) is 7.11 Å². The fourth-order valence-corrected chi connectivity index (χ4v) is 2.18. The van der Waals surface area contributed by atoms with E-state index in [1.165, 1.54) is 25.5 Å². The first-order valence-electron chi connectivity index (χ1n) is 6.18. The molecule has 1 saturated carbocycles. The SMILES string of the molecule is CCNC(C(=O)OC)c1ccccc1C1CC1. The number of nitrogens with one attached hydrogen (secondary N) is 1. The van der Waals surface area contributed by atoms with Crippen molar-refractivity contribution in [1.82, 2.24) is 5.32 Å². The molecule has 92 valence electrons. The smallest absolute Gasteiger partial charge is 0.327 e. The van der Waals surface area contributed by atoms with Gasteiger partial charge in [-0.15, -0.1) is 0 Å². The van der Waals surface area contributed by atoms with Gasteiger partial charge in [-0.05, 0) is 36.4 Å². The van der Waals surface area contributed by atoms with Crippen LogP contribution in [0.1, 0.15) is 42.9 Å². The Morgan fingerprint density at radius 2 is 2.18 bits per heavy atom. The zero-order chi connectivity index (χ0) is 12.3. The van der Waals surface area contributed by atoms with Crippen LogP contribution in [0.15, 0.2) is 24.3 Å². The zero-order valence-corrected chi connectivity index (χ0v) is 10.4. The number of ether oxygens (including phenoxy) is 1. The molecule has 0 spiro atoms. The van der Waals surface area contributed by atoms with E-state index in [0.717, 1.165) is 12.1 Å². The molecule has 0 heterocycles. The Hall–Kier alpha value is -1.35. The third-order valence-corrected chi connectivity index (χ3v) is 3.17. The lowest BCUT2D eigenvalue weighted by molar-refractivity contribution is -0.143. The van der Waals surface area contributed by atoms with Gasteiger partial charge < -0.3 is 10.1 Å². The number of hydrogen-bond acceptors (Lipinski definition) is 3. The molecule has 0 aliphatic heterocycles. The summed E-state index contributed by atoms with van der Waals surface area (Å²) in [6.07, 6.45) is 2.47. The molecule has 1 fully saturated rings. The minimum Gasteiger partial charge on any atom is -0.468 e. The number of methoxy groups -OCH3 is 1. The summed E-state index contributed by atoms with van der Waals surface area (Å²) in [6, 6.07) is 7.84. The quantitative estimate of drug-likeness (QED) is 0.794. The standard InChI is InChI=1S/C14H19NO2/c1-3-15-13(14(16)17-2)12-7-5-4-6-11(12)10-8-9-10/h4-7,10,13,15H,3,8-9H2,1-2H3. The summed E-state index contributed by atoms with van der Waals surface area (Å²) in [7, 11) is 1.44. The first-order chi connectivity index (χ1) is 8.27. The average molecular weight is 233 g/mol. The van der Waals surface area contributed by atoms with Crippen LogP contribution in [0.2, 0.25) is 0 Å². The molecule has 1 atom stereocenters. The highest BCUT2D eigenvalue weighted by molar-refractivity contribution is 5.78. The Bertz CT molecular complexity index is 399. The van der Waals surface area contributed by atoms with Crippen molar-refractivity contribution in [2.45, 2.75) is 31.7 Å². The van der Waals surface area contributed by atoms with E-state index in [0.29, 0.717) is 5.92 Å². The minimum absolute atomic E-state index is 0.208. The number of hydrogen-bond donors (Lipinski definition) is 1. The van der Waals surface area contributed by atoms with Crippen molar-refractivity contribution in [3.63, 3.8) is 0 Å². The zero-order valence-electron chi connectivity index (χ0n) is 10.4. The Morgan fingerprint density at radius 1 is 1.47 bits per heavy atom. The van der Waals surface area contributed by atoms with E-state index in [1.54, 1.807) is 0 Å². The van der Waals surface area contributed by atoms with E-state index < -0.39 is 0 Å². The third-order valence-electron chi connectivity index (χ3n) is 3.17. The Kier molecular flexibility index (Phi) is 3.79. The van der Waals surface area contributed by atoms with Crippen LogP contribution < -0.4 is 5.32 Å². The van der Waals surface area contributed by atoms with Gasteiger partial charge in [-0.3, -0.25) is 0 Å². The van der Waals surface area contributed by atoms with Crippen LogP contribution in [0, 0.1) is 0 Å². The van der Waals surface area contributed by atoms with Crippen LogP contribution in [-0.2, 0) is 9.53 Å². The van der Waals surface area contributed by atoms with E-state index in [9.17, 15) is 4.79 Å². The van der Waals surface area contributed by atoms with Crippen LogP contribution >= 0.6 is 0 Å². The first kappa shape index (κ1) is 12.1. The molecule has 0 amide bonds. The third kappa shape index (κ3) is 2.67. The van der Waals surface area contributed by atoms with Gasteiger partial charge in [-0.2, -0.15) is 0 Å². The van der Waals surface area contributed by atoms with Crippen molar-refractivity contribution in [3.05, 3.63) is 35.4 Å². The van der Waals surface area contributed by atoms with Gasteiger partial charge in [0.2, 0.25) is 0 Å². The van der Waals surface area contributed by atoms with Gasteiger partial charge in [0.15, 0.2) is 0 Å². The molecule has 2 rings (SSSR count). The molecule has 1 N–H and O–H groups in total. The van der Waals surface area contributed by atoms with Gasteiger partial charge >= 0.3 is 5.97 Å². The molecule has 3 nitrogen and oxygen atoms in total. The van der Waals surface area contributed by atoms with E-state index in [4.69, 9.17) is 4.74 Å². The van der Waals surface area contributed by atoms with Crippen LogP contribution in [0.3, 0.4) is 0 Å². The van der Waals surface area contributed by atoms with Gasteiger partial charge in [-0.25, -0.2) is 4.79 Å². The maximum absolute atomic E-state index is 11.8. The number of benzene rings is 1. The lowest BCUT2D eigenvalue weighted by atomic mass is 9.97. The molecule has 1 aliphatic rings. The molecular formula is C14H19NO2. The maximum Gasteiger partial charge on any atom is 0.327 e. The summed E-state index contributed by atoms with van der Waals surface area (Å²) in [4.78, 5) is 11.8. The van der Waals surface area contributed by atoms with Gasteiger partial charge in [0.25, 0.3) is 0 Å². The topological polar surface area (TPSA) is 38.3 Å². The van der Waals surface area contributed by atoms with Crippen LogP contribution in [-0.4, -0.2) is 19.6 Å². The van der Waals surface area contributed by atoms with Crippen molar-refractivity contribution in [3.8, 4) is 0 Å². The Labute approximate surface area is 102 Å². The molecule has 0 radical (unpaired) electrons. The van der Waals surface area contributed by atoms with Crippen molar-refractivity contribution < 1.29 is 9.53 Å². The first-order valence-corrected chi connectivity index (χ1v) is 6.18. The van der Waals surface area contributed by atoms with Crippen molar-refractivity contribution in [2.75, 3.05) is 13.7 Å². The lowest BCUT2D eigenvalue weighted by Crippen LogP contribution is -2.30. The summed E-state index contributed by atoms with van der Waals surface area (Å²) in [5, 5.41) is 3.20. The highest BCUT2D eigenvalue weighted by Gasteiger charge is 2.30. The second kappa shape index (κ2) is 5.32. The van der Waals surface area contributed by atoms with Gasteiger partial charge in [-0.1, -0.05) is 31.2 Å². The molecule has 0 bridgehead atoms. The van der Waals surface area contributed by atoms with Crippen molar-refractivity contribution in [2.24, 2.45) is 0 Å². The lowest BCUT2D eigenvalue weighted by Gasteiger charge is -2.19. The minimum atomic E-state index is -0.332. The number of likely N-dealkylation sites (N-methyl/N-ethyl adjacent to an activating group) is 1. The van der Waals surface area contributed by atoms with Crippen molar-refractivity contribution in [1.29, 1.82) is 0 Å². The molecule has 1 aliphatic carbocycles.